The first kappa shape index (κ1) is 14.7. The summed E-state index contributed by atoms with van der Waals surface area (Å²) in [5.41, 5.74) is 13.6. The maximum atomic E-state index is 11.2. The van der Waals surface area contributed by atoms with Crippen LogP contribution in [-0.2, 0) is 0 Å². The summed E-state index contributed by atoms with van der Waals surface area (Å²) in [6.45, 7) is 5.43. The number of primary amides is 1. The summed E-state index contributed by atoms with van der Waals surface area (Å²) in [6.07, 6.45) is 5.03. The van der Waals surface area contributed by atoms with Gasteiger partial charge in [0.2, 0.25) is 5.91 Å². The number of nitrogens with zero attached hydrogens (tertiary/aromatic N) is 1. The van der Waals surface area contributed by atoms with Crippen molar-refractivity contribution in [3.8, 4) is 0 Å². The van der Waals surface area contributed by atoms with E-state index in [9.17, 15) is 4.79 Å². The van der Waals surface area contributed by atoms with Crippen molar-refractivity contribution in [3.05, 3.63) is 23.8 Å². The summed E-state index contributed by atoms with van der Waals surface area (Å²) in [4.78, 5) is 13.6. The van der Waals surface area contributed by atoms with Gasteiger partial charge in [-0.25, -0.2) is 0 Å². The number of carbonyl (C=O) groups excluding carboxylic acids is 1. The zero-order valence-corrected chi connectivity index (χ0v) is 12.4. The molecule has 4 heteroatoms. The third kappa shape index (κ3) is 3.24. The van der Waals surface area contributed by atoms with Crippen LogP contribution in [0, 0.1) is 5.92 Å². The van der Waals surface area contributed by atoms with Crippen LogP contribution in [0.2, 0.25) is 0 Å². The van der Waals surface area contributed by atoms with E-state index in [4.69, 9.17) is 11.5 Å². The van der Waals surface area contributed by atoms with Gasteiger partial charge in [-0.15, -0.1) is 0 Å². The monoisotopic (exact) mass is 275 g/mol. The highest BCUT2D eigenvalue weighted by Crippen LogP contribution is 2.33. The van der Waals surface area contributed by atoms with Crippen molar-refractivity contribution in [1.82, 2.24) is 0 Å². The second-order valence-electron chi connectivity index (χ2n) is 6.12. The van der Waals surface area contributed by atoms with Gasteiger partial charge in [0.05, 0.1) is 11.4 Å². The molecule has 2 rings (SSSR count). The van der Waals surface area contributed by atoms with Gasteiger partial charge in [0, 0.05) is 18.2 Å². The number of benzene rings is 1. The van der Waals surface area contributed by atoms with Crippen molar-refractivity contribution in [3.63, 3.8) is 0 Å². The average molecular weight is 275 g/mol. The Bertz CT molecular complexity index is 479. The Hall–Kier alpha value is -1.71. The van der Waals surface area contributed by atoms with Gasteiger partial charge in [0.1, 0.15) is 0 Å². The molecule has 0 unspecified atom stereocenters. The summed E-state index contributed by atoms with van der Waals surface area (Å²) >= 11 is 0. The minimum atomic E-state index is -0.431. The highest BCUT2D eigenvalue weighted by Gasteiger charge is 2.25. The van der Waals surface area contributed by atoms with Gasteiger partial charge in [-0.2, -0.15) is 0 Å². The second-order valence-corrected chi connectivity index (χ2v) is 6.12. The molecule has 1 saturated carbocycles. The third-order valence-electron chi connectivity index (χ3n) is 3.95. The Labute approximate surface area is 121 Å². The van der Waals surface area contributed by atoms with E-state index in [1.54, 1.807) is 12.1 Å². The van der Waals surface area contributed by atoms with Crippen LogP contribution in [0.25, 0.3) is 0 Å². The molecule has 0 spiro atoms. The molecule has 0 bridgehead atoms. The lowest BCUT2D eigenvalue weighted by molar-refractivity contribution is 0.100. The van der Waals surface area contributed by atoms with Gasteiger partial charge < -0.3 is 16.4 Å². The number of hydrogen-bond acceptors (Lipinski definition) is 3. The van der Waals surface area contributed by atoms with Crippen LogP contribution in [0.3, 0.4) is 0 Å². The van der Waals surface area contributed by atoms with E-state index in [1.807, 2.05) is 6.07 Å². The first-order chi connectivity index (χ1) is 9.49. The fourth-order valence-electron chi connectivity index (χ4n) is 3.02. The second kappa shape index (κ2) is 6.16. The molecule has 1 amide bonds. The van der Waals surface area contributed by atoms with E-state index in [0.29, 0.717) is 23.2 Å². The predicted octanol–water partition coefficient (Wildman–Crippen LogP) is 2.77. The number of amides is 1. The lowest BCUT2D eigenvalue weighted by Gasteiger charge is -2.33. The minimum absolute atomic E-state index is 0.431. The van der Waals surface area contributed by atoms with Crippen LogP contribution in [0.5, 0.6) is 0 Å². The van der Waals surface area contributed by atoms with Crippen LogP contribution in [-0.4, -0.2) is 18.5 Å². The molecule has 0 saturated heterocycles. The van der Waals surface area contributed by atoms with E-state index in [-0.39, 0.29) is 0 Å². The largest absolute Gasteiger partial charge is 0.397 e. The maximum absolute atomic E-state index is 11.2. The normalized spacial score (nSPS) is 15.8. The van der Waals surface area contributed by atoms with Crippen molar-refractivity contribution >= 4 is 17.3 Å². The fourth-order valence-corrected chi connectivity index (χ4v) is 3.02. The molecule has 1 aliphatic carbocycles. The van der Waals surface area contributed by atoms with Crippen molar-refractivity contribution in [2.45, 2.75) is 45.6 Å². The summed E-state index contributed by atoms with van der Waals surface area (Å²) in [5, 5.41) is 0. The van der Waals surface area contributed by atoms with E-state index in [0.717, 1.165) is 12.2 Å². The topological polar surface area (TPSA) is 72.3 Å². The fraction of sp³-hybridized carbons (Fsp3) is 0.562. The Morgan fingerprint density at radius 3 is 2.50 bits per heavy atom. The van der Waals surface area contributed by atoms with Crippen LogP contribution < -0.4 is 16.4 Å². The Morgan fingerprint density at radius 1 is 1.35 bits per heavy atom. The Kier molecular flexibility index (Phi) is 4.53. The predicted molar refractivity (Wildman–Crippen MR) is 83.8 cm³/mol. The molecule has 1 fully saturated rings. The van der Waals surface area contributed by atoms with E-state index in [2.05, 4.69) is 18.7 Å². The Balaban J connectivity index is 2.30. The van der Waals surface area contributed by atoms with Gasteiger partial charge in [-0.05, 0) is 37.0 Å². The van der Waals surface area contributed by atoms with Gasteiger partial charge in [-0.1, -0.05) is 26.7 Å². The third-order valence-corrected chi connectivity index (χ3v) is 3.95. The molecule has 1 aliphatic rings. The van der Waals surface area contributed by atoms with Gasteiger partial charge in [0.15, 0.2) is 0 Å². The molecule has 1 aromatic carbocycles. The SMILES string of the molecule is CC(C)CN(c1ccc(C(N)=O)cc1N)C1CCCC1. The summed E-state index contributed by atoms with van der Waals surface area (Å²) in [7, 11) is 0. The van der Waals surface area contributed by atoms with Crippen LogP contribution in [0.4, 0.5) is 11.4 Å². The van der Waals surface area contributed by atoms with Crippen molar-refractivity contribution in [2.75, 3.05) is 17.2 Å². The first-order valence-electron chi connectivity index (χ1n) is 7.45. The molecule has 4 nitrogen and oxygen atoms in total. The number of hydrogen-bond donors (Lipinski definition) is 2. The molecule has 20 heavy (non-hydrogen) atoms. The number of nitrogen functional groups attached to an aromatic ring is 1. The summed E-state index contributed by atoms with van der Waals surface area (Å²) in [6, 6.07) is 5.98. The highest BCUT2D eigenvalue weighted by atomic mass is 16.1. The number of nitrogens with two attached hydrogens (primary N) is 2. The quantitative estimate of drug-likeness (QED) is 0.812. The summed E-state index contributed by atoms with van der Waals surface area (Å²) < 4.78 is 0. The van der Waals surface area contributed by atoms with Crippen LogP contribution >= 0.6 is 0 Å². The zero-order chi connectivity index (χ0) is 14.7. The average Bonchev–Trinajstić information content (AvgIpc) is 2.89. The van der Waals surface area contributed by atoms with Crippen LogP contribution in [0.15, 0.2) is 18.2 Å². The molecule has 110 valence electrons. The lowest BCUT2D eigenvalue weighted by atomic mass is 10.1. The van der Waals surface area contributed by atoms with E-state index in [1.165, 1.54) is 25.7 Å². The van der Waals surface area contributed by atoms with Gasteiger partial charge >= 0.3 is 0 Å². The molecule has 0 aromatic heterocycles. The molecular weight excluding hydrogens is 250 g/mol. The molecule has 1 aromatic rings. The van der Waals surface area contributed by atoms with E-state index < -0.39 is 5.91 Å². The van der Waals surface area contributed by atoms with E-state index >= 15 is 0 Å². The summed E-state index contributed by atoms with van der Waals surface area (Å²) in [5.74, 6) is 0.144. The number of rotatable bonds is 5. The van der Waals surface area contributed by atoms with Crippen molar-refractivity contribution in [1.29, 1.82) is 0 Å². The molecule has 0 radical (unpaired) electrons. The van der Waals surface area contributed by atoms with Crippen molar-refractivity contribution < 1.29 is 4.79 Å². The first-order valence-corrected chi connectivity index (χ1v) is 7.45. The number of anilines is 2. The standard InChI is InChI=1S/C16H25N3O/c1-11(2)10-19(13-5-3-4-6-13)15-8-7-12(16(18)20)9-14(15)17/h7-9,11,13H,3-6,10,17H2,1-2H3,(H2,18,20). The molecule has 0 aliphatic heterocycles. The smallest absolute Gasteiger partial charge is 0.248 e. The van der Waals surface area contributed by atoms with Crippen molar-refractivity contribution in [2.24, 2.45) is 11.7 Å². The molecule has 0 heterocycles. The molecular formula is C16H25N3O. The van der Waals surface area contributed by atoms with Gasteiger partial charge in [0.25, 0.3) is 0 Å². The lowest BCUT2D eigenvalue weighted by Crippen LogP contribution is -2.36. The molecule has 0 atom stereocenters. The Morgan fingerprint density at radius 2 is 2.00 bits per heavy atom. The highest BCUT2D eigenvalue weighted by molar-refractivity contribution is 5.94. The zero-order valence-electron chi connectivity index (χ0n) is 12.4. The minimum Gasteiger partial charge on any atom is -0.397 e. The molecule has 4 N–H and O–H groups in total. The van der Waals surface area contributed by atoms with Gasteiger partial charge in [-0.3, -0.25) is 4.79 Å². The van der Waals surface area contributed by atoms with Crippen LogP contribution in [0.1, 0.15) is 49.9 Å². The maximum Gasteiger partial charge on any atom is 0.248 e. The number of carbonyl (C=O) groups is 1.